The second-order valence-electron chi connectivity index (χ2n) is 5.09. The van der Waals surface area contributed by atoms with Gasteiger partial charge >= 0.3 is 0 Å². The molecule has 104 valence electrons. The Hall–Kier alpha value is -2.13. The van der Waals surface area contributed by atoms with E-state index in [2.05, 4.69) is 5.32 Å². The summed E-state index contributed by atoms with van der Waals surface area (Å²) in [4.78, 5) is 12.1. The van der Waals surface area contributed by atoms with Crippen molar-refractivity contribution in [3.63, 3.8) is 0 Å². The van der Waals surface area contributed by atoms with Gasteiger partial charge in [-0.25, -0.2) is 0 Å². The summed E-state index contributed by atoms with van der Waals surface area (Å²) in [6, 6.07) is 15.4. The molecular weight excluding hydrogens is 248 g/mol. The van der Waals surface area contributed by atoms with Crippen LogP contribution in [0, 0.1) is 13.8 Å². The maximum Gasteiger partial charge on any atom is 0.226 e. The van der Waals surface area contributed by atoms with Crippen molar-refractivity contribution in [2.75, 3.05) is 5.32 Å². The summed E-state index contributed by atoms with van der Waals surface area (Å²) in [7, 11) is 0. The van der Waals surface area contributed by atoms with Gasteiger partial charge in [0.25, 0.3) is 0 Å². The lowest BCUT2D eigenvalue weighted by Crippen LogP contribution is -2.21. The molecule has 0 bridgehead atoms. The first-order valence-corrected chi connectivity index (χ1v) is 6.74. The first-order valence-electron chi connectivity index (χ1n) is 6.74. The van der Waals surface area contributed by atoms with Crippen molar-refractivity contribution in [3.05, 3.63) is 65.2 Å². The number of carbonyl (C=O) groups excluding carboxylic acids is 1. The molecule has 3 N–H and O–H groups in total. The molecule has 1 amide bonds. The minimum atomic E-state index is -0.277. The molecule has 0 spiro atoms. The topological polar surface area (TPSA) is 55.1 Å². The second kappa shape index (κ2) is 6.35. The van der Waals surface area contributed by atoms with Gasteiger partial charge in [0.2, 0.25) is 5.91 Å². The van der Waals surface area contributed by atoms with E-state index in [0.717, 1.165) is 22.4 Å². The Kier molecular flexibility index (Phi) is 4.53. The van der Waals surface area contributed by atoms with Crippen LogP contribution in [0.1, 0.15) is 29.2 Å². The van der Waals surface area contributed by atoms with E-state index in [4.69, 9.17) is 5.73 Å². The summed E-state index contributed by atoms with van der Waals surface area (Å²) >= 11 is 0. The third-order valence-electron chi connectivity index (χ3n) is 3.30. The number of rotatable bonds is 4. The molecule has 0 aromatic heterocycles. The van der Waals surface area contributed by atoms with E-state index in [1.54, 1.807) is 0 Å². The molecule has 3 nitrogen and oxygen atoms in total. The average Bonchev–Trinajstić information content (AvgIpc) is 2.43. The van der Waals surface area contributed by atoms with E-state index >= 15 is 0 Å². The number of amides is 1. The molecule has 1 atom stereocenters. The van der Waals surface area contributed by atoms with Crippen LogP contribution in [0.15, 0.2) is 48.5 Å². The van der Waals surface area contributed by atoms with Crippen LogP contribution < -0.4 is 11.1 Å². The third-order valence-corrected chi connectivity index (χ3v) is 3.30. The third kappa shape index (κ3) is 3.68. The van der Waals surface area contributed by atoms with Gasteiger partial charge in [0.1, 0.15) is 0 Å². The zero-order valence-corrected chi connectivity index (χ0v) is 11.9. The van der Waals surface area contributed by atoms with Crippen LogP contribution in [-0.4, -0.2) is 5.91 Å². The minimum absolute atomic E-state index is 0.0601. The van der Waals surface area contributed by atoms with Crippen molar-refractivity contribution < 1.29 is 4.79 Å². The van der Waals surface area contributed by atoms with Crippen molar-refractivity contribution in [3.8, 4) is 0 Å². The van der Waals surface area contributed by atoms with Crippen molar-refractivity contribution in [2.45, 2.75) is 26.3 Å². The fourth-order valence-corrected chi connectivity index (χ4v) is 2.09. The van der Waals surface area contributed by atoms with E-state index < -0.39 is 0 Å². The Bertz CT molecular complexity index is 593. The molecule has 2 aromatic carbocycles. The predicted octanol–water partition coefficient (Wildman–Crippen LogP) is 3.33. The molecule has 0 saturated heterocycles. The van der Waals surface area contributed by atoms with Gasteiger partial charge < -0.3 is 11.1 Å². The van der Waals surface area contributed by atoms with Crippen LogP contribution in [0.2, 0.25) is 0 Å². The van der Waals surface area contributed by atoms with Gasteiger partial charge in [0, 0.05) is 18.2 Å². The Morgan fingerprint density at radius 3 is 2.55 bits per heavy atom. The molecule has 3 heteroatoms. The summed E-state index contributed by atoms with van der Waals surface area (Å²) in [6.07, 6.45) is 0.275. The summed E-state index contributed by atoms with van der Waals surface area (Å²) in [5.74, 6) is -0.0601. The fourth-order valence-electron chi connectivity index (χ4n) is 2.09. The number of hydrogen-bond acceptors (Lipinski definition) is 2. The average molecular weight is 268 g/mol. The van der Waals surface area contributed by atoms with Crippen molar-refractivity contribution in [1.29, 1.82) is 0 Å². The van der Waals surface area contributed by atoms with Gasteiger partial charge in [-0.15, -0.1) is 0 Å². The molecule has 0 heterocycles. The summed E-state index contributed by atoms with van der Waals surface area (Å²) in [5.41, 5.74) is 10.1. The maximum atomic E-state index is 12.1. The largest absolute Gasteiger partial charge is 0.326 e. The van der Waals surface area contributed by atoms with Gasteiger partial charge in [-0.3, -0.25) is 4.79 Å². The molecule has 0 aliphatic carbocycles. The molecule has 0 aliphatic rings. The highest BCUT2D eigenvalue weighted by atomic mass is 16.1. The monoisotopic (exact) mass is 268 g/mol. The van der Waals surface area contributed by atoms with Crippen molar-refractivity contribution >= 4 is 11.6 Å². The SMILES string of the molecule is Cc1ccc(C)c(NC(=O)CC(N)c2ccccc2)c1. The van der Waals surface area contributed by atoms with Crippen LogP contribution in [0.5, 0.6) is 0 Å². The number of hydrogen-bond donors (Lipinski definition) is 2. The molecule has 2 aromatic rings. The Morgan fingerprint density at radius 1 is 1.15 bits per heavy atom. The number of carbonyl (C=O) groups is 1. The highest BCUT2D eigenvalue weighted by Crippen LogP contribution is 2.18. The van der Waals surface area contributed by atoms with E-state index in [-0.39, 0.29) is 18.4 Å². The highest BCUT2D eigenvalue weighted by molar-refractivity contribution is 5.92. The molecule has 0 fully saturated rings. The minimum Gasteiger partial charge on any atom is -0.326 e. The predicted molar refractivity (Wildman–Crippen MR) is 82.5 cm³/mol. The summed E-state index contributed by atoms with van der Waals surface area (Å²) in [5, 5.41) is 2.93. The molecular formula is C17H20N2O. The van der Waals surface area contributed by atoms with E-state index in [0.29, 0.717) is 0 Å². The Morgan fingerprint density at radius 2 is 1.85 bits per heavy atom. The van der Waals surface area contributed by atoms with Crippen LogP contribution in [0.25, 0.3) is 0 Å². The zero-order chi connectivity index (χ0) is 14.5. The number of anilines is 1. The number of nitrogens with one attached hydrogen (secondary N) is 1. The van der Waals surface area contributed by atoms with Crippen molar-refractivity contribution in [2.24, 2.45) is 5.73 Å². The maximum absolute atomic E-state index is 12.1. The molecule has 0 radical (unpaired) electrons. The first-order chi connectivity index (χ1) is 9.56. The molecule has 2 rings (SSSR count). The molecule has 20 heavy (non-hydrogen) atoms. The Balaban J connectivity index is 2.01. The van der Waals surface area contributed by atoms with Crippen LogP contribution in [-0.2, 0) is 4.79 Å². The number of nitrogens with two attached hydrogens (primary N) is 1. The lowest BCUT2D eigenvalue weighted by atomic mass is 10.0. The molecule has 0 aliphatic heterocycles. The smallest absolute Gasteiger partial charge is 0.226 e. The van der Waals surface area contributed by atoms with E-state index in [1.807, 2.05) is 62.4 Å². The number of aryl methyl sites for hydroxylation is 2. The highest BCUT2D eigenvalue weighted by Gasteiger charge is 2.12. The van der Waals surface area contributed by atoms with Gasteiger partial charge in [-0.2, -0.15) is 0 Å². The van der Waals surface area contributed by atoms with Gasteiger partial charge in [-0.1, -0.05) is 42.5 Å². The fraction of sp³-hybridized carbons (Fsp3) is 0.235. The lowest BCUT2D eigenvalue weighted by Gasteiger charge is -2.13. The van der Waals surface area contributed by atoms with E-state index in [9.17, 15) is 4.79 Å². The normalized spacial score (nSPS) is 11.9. The van der Waals surface area contributed by atoms with Crippen LogP contribution in [0.3, 0.4) is 0 Å². The Labute approximate surface area is 119 Å². The van der Waals surface area contributed by atoms with Crippen molar-refractivity contribution in [1.82, 2.24) is 0 Å². The van der Waals surface area contributed by atoms with Crippen LogP contribution >= 0.6 is 0 Å². The first kappa shape index (κ1) is 14.3. The van der Waals surface area contributed by atoms with Gasteiger partial charge in [-0.05, 0) is 36.6 Å². The standard InChI is InChI=1S/C17H20N2O/c1-12-8-9-13(2)16(10-12)19-17(20)11-15(18)14-6-4-3-5-7-14/h3-10,15H,11,18H2,1-2H3,(H,19,20). The van der Waals surface area contributed by atoms with E-state index in [1.165, 1.54) is 0 Å². The molecule has 1 unspecified atom stereocenters. The van der Waals surface area contributed by atoms with Gasteiger partial charge in [0.05, 0.1) is 0 Å². The summed E-state index contributed by atoms with van der Waals surface area (Å²) in [6.45, 7) is 3.98. The van der Waals surface area contributed by atoms with Gasteiger partial charge in [0.15, 0.2) is 0 Å². The lowest BCUT2D eigenvalue weighted by molar-refractivity contribution is -0.116. The second-order valence-corrected chi connectivity index (χ2v) is 5.09. The number of benzene rings is 2. The quantitative estimate of drug-likeness (QED) is 0.893. The molecule has 0 saturated carbocycles. The zero-order valence-electron chi connectivity index (χ0n) is 11.9. The summed E-state index contributed by atoms with van der Waals surface area (Å²) < 4.78 is 0. The van der Waals surface area contributed by atoms with Crippen LogP contribution in [0.4, 0.5) is 5.69 Å².